The molecule has 2 aromatic carbocycles. The number of hydrogen-bond acceptors (Lipinski definition) is 6. The zero-order valence-electron chi connectivity index (χ0n) is 12.6. The fourth-order valence-corrected chi connectivity index (χ4v) is 2.48. The molecule has 126 valence electrons. The van der Waals surface area contributed by atoms with Gasteiger partial charge in [-0.05, 0) is 43.3 Å². The van der Waals surface area contributed by atoms with Crippen molar-refractivity contribution < 1.29 is 32.0 Å². The summed E-state index contributed by atoms with van der Waals surface area (Å²) in [5.41, 5.74) is 0.375. The second-order valence-electron chi connectivity index (χ2n) is 4.61. The number of benzene rings is 2. The minimum Gasteiger partial charge on any atom is -0.462 e. The molecule has 0 aromatic heterocycles. The molecule has 0 aliphatic heterocycles. The fraction of sp³-hybridized carbons (Fsp3) is 0.125. The average molecular weight is 350 g/mol. The standard InChI is InChI=1S/C16H14O7S/c1-2-22-15(17)11-7-9-12(10-8-11)16(18)23-13-5-3-4-6-14(13)24(19,20)21/h3-10H,2H2,1H3,(H,19,20,21). The molecule has 0 aliphatic rings. The lowest BCUT2D eigenvalue weighted by atomic mass is 10.1. The Morgan fingerprint density at radius 1 is 0.958 bits per heavy atom. The summed E-state index contributed by atoms with van der Waals surface area (Å²) in [7, 11) is -4.52. The molecule has 0 saturated carbocycles. The number of ether oxygens (including phenoxy) is 2. The van der Waals surface area contributed by atoms with Crippen molar-refractivity contribution in [2.45, 2.75) is 11.8 Å². The normalized spacial score (nSPS) is 10.9. The molecule has 24 heavy (non-hydrogen) atoms. The fourth-order valence-electron chi connectivity index (χ4n) is 1.86. The first kappa shape index (κ1) is 17.6. The molecule has 0 amide bonds. The van der Waals surface area contributed by atoms with Gasteiger partial charge in [-0.25, -0.2) is 9.59 Å². The number of carbonyl (C=O) groups excluding carboxylic acids is 2. The summed E-state index contributed by atoms with van der Waals surface area (Å²) in [6, 6.07) is 10.7. The van der Waals surface area contributed by atoms with Gasteiger partial charge in [-0.3, -0.25) is 4.55 Å². The molecule has 0 bridgehead atoms. The van der Waals surface area contributed by atoms with Crippen molar-refractivity contribution in [1.82, 2.24) is 0 Å². The quantitative estimate of drug-likeness (QED) is 0.501. The highest BCUT2D eigenvalue weighted by atomic mass is 32.2. The topological polar surface area (TPSA) is 107 Å². The molecule has 2 rings (SSSR count). The molecule has 1 N–H and O–H groups in total. The van der Waals surface area contributed by atoms with E-state index in [-0.39, 0.29) is 23.5 Å². The van der Waals surface area contributed by atoms with Gasteiger partial charge in [0.15, 0.2) is 5.75 Å². The SMILES string of the molecule is CCOC(=O)c1ccc(C(=O)Oc2ccccc2S(=O)(=O)O)cc1. The highest BCUT2D eigenvalue weighted by molar-refractivity contribution is 7.86. The van der Waals surface area contributed by atoms with Gasteiger partial charge in [-0.15, -0.1) is 0 Å². The highest BCUT2D eigenvalue weighted by Gasteiger charge is 2.19. The van der Waals surface area contributed by atoms with E-state index in [2.05, 4.69) is 0 Å². The predicted octanol–water partition coefficient (Wildman–Crippen LogP) is 2.33. The smallest absolute Gasteiger partial charge is 0.343 e. The summed E-state index contributed by atoms with van der Waals surface area (Å²) >= 11 is 0. The van der Waals surface area contributed by atoms with Gasteiger partial charge in [0, 0.05) is 0 Å². The lowest BCUT2D eigenvalue weighted by molar-refractivity contribution is 0.0525. The van der Waals surface area contributed by atoms with Crippen LogP contribution in [-0.4, -0.2) is 31.5 Å². The van der Waals surface area contributed by atoms with E-state index in [4.69, 9.17) is 14.0 Å². The van der Waals surface area contributed by atoms with E-state index < -0.39 is 27.0 Å². The molecule has 2 aromatic rings. The van der Waals surface area contributed by atoms with Crippen molar-refractivity contribution >= 4 is 22.1 Å². The van der Waals surface area contributed by atoms with E-state index in [0.29, 0.717) is 0 Å². The molecule has 0 fully saturated rings. The Labute approximate surface area is 138 Å². The monoisotopic (exact) mass is 350 g/mol. The minimum atomic E-state index is -4.52. The summed E-state index contributed by atoms with van der Waals surface area (Å²) in [6.45, 7) is 1.91. The molecule has 0 saturated heterocycles. The van der Waals surface area contributed by atoms with Gasteiger partial charge < -0.3 is 9.47 Å². The van der Waals surface area contributed by atoms with E-state index in [1.807, 2.05) is 0 Å². The van der Waals surface area contributed by atoms with Crippen LogP contribution in [0.1, 0.15) is 27.6 Å². The van der Waals surface area contributed by atoms with E-state index in [0.717, 1.165) is 6.07 Å². The van der Waals surface area contributed by atoms with Gasteiger partial charge in [-0.2, -0.15) is 8.42 Å². The summed E-state index contributed by atoms with van der Waals surface area (Å²) in [5.74, 6) is -1.64. The molecule has 0 spiro atoms. The largest absolute Gasteiger partial charge is 0.462 e. The van der Waals surface area contributed by atoms with Crippen molar-refractivity contribution in [3.63, 3.8) is 0 Å². The maximum absolute atomic E-state index is 12.1. The van der Waals surface area contributed by atoms with Gasteiger partial charge in [-0.1, -0.05) is 12.1 Å². The number of esters is 2. The third kappa shape index (κ3) is 4.18. The lowest BCUT2D eigenvalue weighted by Crippen LogP contribution is -2.12. The van der Waals surface area contributed by atoms with Gasteiger partial charge in [0.2, 0.25) is 0 Å². The molecule has 7 nitrogen and oxygen atoms in total. The van der Waals surface area contributed by atoms with Gasteiger partial charge in [0.25, 0.3) is 10.1 Å². The van der Waals surface area contributed by atoms with Crippen LogP contribution in [0.15, 0.2) is 53.4 Å². The van der Waals surface area contributed by atoms with Crippen LogP contribution in [0, 0.1) is 0 Å². The van der Waals surface area contributed by atoms with E-state index in [9.17, 15) is 18.0 Å². The van der Waals surface area contributed by atoms with E-state index in [1.165, 1.54) is 42.5 Å². The van der Waals surface area contributed by atoms with Crippen LogP contribution in [0.3, 0.4) is 0 Å². The van der Waals surface area contributed by atoms with Crippen LogP contribution >= 0.6 is 0 Å². The molecule has 8 heteroatoms. The molecule has 0 unspecified atom stereocenters. The first-order chi connectivity index (χ1) is 11.3. The first-order valence-corrected chi connectivity index (χ1v) is 8.33. The summed E-state index contributed by atoms with van der Waals surface area (Å²) in [4.78, 5) is 23.1. The van der Waals surface area contributed by atoms with Crippen molar-refractivity contribution in [2.75, 3.05) is 6.61 Å². The van der Waals surface area contributed by atoms with Crippen molar-refractivity contribution in [3.8, 4) is 5.75 Å². The molecule has 0 radical (unpaired) electrons. The third-order valence-corrected chi connectivity index (χ3v) is 3.85. The number of para-hydroxylation sites is 1. The zero-order valence-corrected chi connectivity index (χ0v) is 13.4. The minimum absolute atomic E-state index is 0.105. The van der Waals surface area contributed by atoms with Crippen LogP contribution in [0.25, 0.3) is 0 Å². The maximum atomic E-state index is 12.1. The van der Waals surface area contributed by atoms with E-state index in [1.54, 1.807) is 6.92 Å². The van der Waals surface area contributed by atoms with Gasteiger partial charge >= 0.3 is 11.9 Å². The van der Waals surface area contributed by atoms with Crippen LogP contribution < -0.4 is 4.74 Å². The number of hydrogen-bond donors (Lipinski definition) is 1. The molecule has 0 aliphatic carbocycles. The number of carbonyl (C=O) groups is 2. The molecular weight excluding hydrogens is 336 g/mol. The highest BCUT2D eigenvalue weighted by Crippen LogP contribution is 2.24. The predicted molar refractivity (Wildman–Crippen MR) is 83.6 cm³/mol. The van der Waals surface area contributed by atoms with Crippen LogP contribution in [0.5, 0.6) is 5.75 Å². The van der Waals surface area contributed by atoms with Gasteiger partial charge in [0.05, 0.1) is 17.7 Å². The Balaban J connectivity index is 2.21. The summed E-state index contributed by atoms with van der Waals surface area (Å²) < 4.78 is 41.5. The van der Waals surface area contributed by atoms with Crippen molar-refractivity contribution in [1.29, 1.82) is 0 Å². The third-order valence-electron chi connectivity index (χ3n) is 2.96. The number of rotatable bonds is 5. The molecular formula is C16H14O7S. The Kier molecular flexibility index (Phi) is 5.32. The van der Waals surface area contributed by atoms with Crippen LogP contribution in [0.2, 0.25) is 0 Å². The van der Waals surface area contributed by atoms with E-state index >= 15 is 0 Å². The average Bonchev–Trinajstić information content (AvgIpc) is 2.54. The van der Waals surface area contributed by atoms with Crippen LogP contribution in [-0.2, 0) is 14.9 Å². The van der Waals surface area contributed by atoms with Gasteiger partial charge in [0.1, 0.15) is 4.90 Å². The first-order valence-electron chi connectivity index (χ1n) is 6.89. The Hall–Kier alpha value is -2.71. The zero-order chi connectivity index (χ0) is 17.7. The molecule has 0 atom stereocenters. The Morgan fingerprint density at radius 2 is 1.50 bits per heavy atom. The maximum Gasteiger partial charge on any atom is 0.343 e. The Bertz CT molecular complexity index is 854. The van der Waals surface area contributed by atoms with Crippen molar-refractivity contribution in [3.05, 3.63) is 59.7 Å². The second-order valence-corrected chi connectivity index (χ2v) is 6.00. The van der Waals surface area contributed by atoms with Crippen molar-refractivity contribution in [2.24, 2.45) is 0 Å². The lowest BCUT2D eigenvalue weighted by Gasteiger charge is -2.08. The Morgan fingerprint density at radius 3 is 2.04 bits per heavy atom. The summed E-state index contributed by atoms with van der Waals surface area (Å²) in [6.07, 6.45) is 0. The summed E-state index contributed by atoms with van der Waals surface area (Å²) in [5, 5.41) is 0. The molecule has 0 heterocycles. The van der Waals surface area contributed by atoms with Crippen LogP contribution in [0.4, 0.5) is 0 Å². The second kappa shape index (κ2) is 7.24.